The van der Waals surface area contributed by atoms with Gasteiger partial charge in [0.25, 0.3) is 0 Å². The summed E-state index contributed by atoms with van der Waals surface area (Å²) >= 11 is 0. The van der Waals surface area contributed by atoms with Crippen molar-refractivity contribution in [2.75, 3.05) is 13.1 Å². The summed E-state index contributed by atoms with van der Waals surface area (Å²) in [5, 5.41) is 0. The fourth-order valence-electron chi connectivity index (χ4n) is 1.78. The average Bonchev–Trinajstić information content (AvgIpc) is 2.28. The highest BCUT2D eigenvalue weighted by Crippen LogP contribution is 2.05. The zero-order valence-electron chi connectivity index (χ0n) is 11.1. The molecule has 16 heavy (non-hydrogen) atoms. The summed E-state index contributed by atoms with van der Waals surface area (Å²) in [6, 6.07) is 0. The summed E-state index contributed by atoms with van der Waals surface area (Å²) in [6.07, 6.45) is 8.49. The van der Waals surface area contributed by atoms with E-state index in [1.54, 1.807) is 0 Å². The molecule has 0 aromatic carbocycles. The quantitative estimate of drug-likeness (QED) is 0.519. The summed E-state index contributed by atoms with van der Waals surface area (Å²) < 4.78 is 0. The van der Waals surface area contributed by atoms with E-state index in [2.05, 4.69) is 20.8 Å². The molecule has 1 radical (unpaired) electrons. The highest BCUT2D eigenvalue weighted by molar-refractivity contribution is 5.76. The maximum atomic E-state index is 11.8. The molecule has 0 unspecified atom stereocenters. The Morgan fingerprint density at radius 2 is 1.50 bits per heavy atom. The Balaban J connectivity index is 3.89. The molecule has 2 heteroatoms. The Kier molecular flexibility index (Phi) is 10.6. The molecule has 2 nitrogen and oxygen atoms in total. The van der Waals surface area contributed by atoms with E-state index >= 15 is 0 Å². The third-order valence-corrected chi connectivity index (χ3v) is 2.81. The number of unbranched alkanes of at least 4 members (excludes halogenated alkanes) is 4. The van der Waals surface area contributed by atoms with Crippen molar-refractivity contribution in [3.05, 3.63) is 6.92 Å². The van der Waals surface area contributed by atoms with Gasteiger partial charge in [-0.25, -0.2) is 0 Å². The standard InChI is InChI=1S/C14H28NO/c1-4-7-9-12-15(13-10-8-5-2)14(16)11-6-3/h3-13H2,1-2H3. The van der Waals surface area contributed by atoms with Crippen LogP contribution in [0.4, 0.5) is 0 Å². The van der Waals surface area contributed by atoms with E-state index in [0.29, 0.717) is 12.3 Å². The van der Waals surface area contributed by atoms with E-state index in [9.17, 15) is 4.79 Å². The van der Waals surface area contributed by atoms with Crippen molar-refractivity contribution in [2.45, 2.75) is 65.2 Å². The van der Waals surface area contributed by atoms with E-state index in [0.717, 1.165) is 32.4 Å². The predicted molar refractivity (Wildman–Crippen MR) is 70.2 cm³/mol. The zero-order valence-corrected chi connectivity index (χ0v) is 11.1. The van der Waals surface area contributed by atoms with Gasteiger partial charge in [-0.15, -0.1) is 0 Å². The molecule has 0 fully saturated rings. The van der Waals surface area contributed by atoms with E-state index in [-0.39, 0.29) is 0 Å². The number of carbonyl (C=O) groups excluding carboxylic acids is 1. The first-order valence-electron chi connectivity index (χ1n) is 6.83. The molecule has 0 aliphatic carbocycles. The van der Waals surface area contributed by atoms with Gasteiger partial charge in [0.05, 0.1) is 0 Å². The zero-order chi connectivity index (χ0) is 12.2. The van der Waals surface area contributed by atoms with Crippen molar-refractivity contribution in [1.82, 2.24) is 4.90 Å². The molecule has 0 aliphatic heterocycles. The minimum atomic E-state index is 0.294. The lowest BCUT2D eigenvalue weighted by molar-refractivity contribution is -0.131. The van der Waals surface area contributed by atoms with Crippen LogP contribution < -0.4 is 0 Å². The van der Waals surface area contributed by atoms with Gasteiger partial charge >= 0.3 is 0 Å². The van der Waals surface area contributed by atoms with Gasteiger partial charge in [0, 0.05) is 19.5 Å². The first-order valence-corrected chi connectivity index (χ1v) is 6.83. The average molecular weight is 226 g/mol. The smallest absolute Gasteiger partial charge is 0.222 e. The second-order valence-electron chi connectivity index (χ2n) is 4.40. The molecule has 0 saturated heterocycles. The van der Waals surface area contributed by atoms with Gasteiger partial charge in [-0.05, 0) is 19.3 Å². The number of hydrogen-bond acceptors (Lipinski definition) is 1. The Morgan fingerprint density at radius 1 is 1.00 bits per heavy atom. The lowest BCUT2D eigenvalue weighted by Crippen LogP contribution is -2.32. The molecule has 0 rings (SSSR count). The minimum Gasteiger partial charge on any atom is -0.343 e. The third-order valence-electron chi connectivity index (χ3n) is 2.81. The second kappa shape index (κ2) is 11.0. The molecule has 0 spiro atoms. The lowest BCUT2D eigenvalue weighted by atomic mass is 10.2. The van der Waals surface area contributed by atoms with Gasteiger partial charge in [0.15, 0.2) is 0 Å². The van der Waals surface area contributed by atoms with Crippen LogP contribution in [0.1, 0.15) is 65.2 Å². The molecule has 0 aromatic heterocycles. The van der Waals surface area contributed by atoms with Crippen LogP contribution in [0, 0.1) is 6.92 Å². The fraction of sp³-hybridized carbons (Fsp3) is 0.857. The van der Waals surface area contributed by atoms with E-state index in [1.165, 1.54) is 25.7 Å². The van der Waals surface area contributed by atoms with Crippen LogP contribution in [-0.2, 0) is 4.79 Å². The van der Waals surface area contributed by atoms with Gasteiger partial charge < -0.3 is 4.90 Å². The van der Waals surface area contributed by atoms with Crippen LogP contribution >= 0.6 is 0 Å². The Hall–Kier alpha value is -0.530. The van der Waals surface area contributed by atoms with Gasteiger partial charge in [-0.2, -0.15) is 0 Å². The molecule has 0 aromatic rings. The predicted octanol–water partition coefficient (Wildman–Crippen LogP) is 3.81. The fourth-order valence-corrected chi connectivity index (χ4v) is 1.78. The summed E-state index contributed by atoms with van der Waals surface area (Å²) in [4.78, 5) is 13.9. The largest absolute Gasteiger partial charge is 0.343 e. The van der Waals surface area contributed by atoms with Crippen molar-refractivity contribution < 1.29 is 4.79 Å². The number of rotatable bonds is 10. The first-order chi connectivity index (χ1) is 7.76. The van der Waals surface area contributed by atoms with Crippen LogP contribution in [0.3, 0.4) is 0 Å². The van der Waals surface area contributed by atoms with Crippen LogP contribution in [-0.4, -0.2) is 23.9 Å². The molecule has 0 heterocycles. The Bertz CT molecular complexity index is 158. The maximum absolute atomic E-state index is 11.8. The number of carbonyl (C=O) groups is 1. The normalized spacial score (nSPS) is 10.4. The lowest BCUT2D eigenvalue weighted by Gasteiger charge is -2.22. The van der Waals surface area contributed by atoms with Crippen LogP contribution in [0.25, 0.3) is 0 Å². The highest BCUT2D eigenvalue weighted by Gasteiger charge is 2.10. The second-order valence-corrected chi connectivity index (χ2v) is 4.40. The Labute approximate surface area is 101 Å². The summed E-state index contributed by atoms with van der Waals surface area (Å²) in [6.45, 7) is 10.0. The van der Waals surface area contributed by atoms with Crippen molar-refractivity contribution in [3.63, 3.8) is 0 Å². The minimum absolute atomic E-state index is 0.294. The number of hydrogen-bond donors (Lipinski definition) is 0. The summed E-state index contributed by atoms with van der Waals surface area (Å²) in [5.41, 5.74) is 0. The van der Waals surface area contributed by atoms with Gasteiger partial charge in [-0.3, -0.25) is 4.79 Å². The molecule has 0 N–H and O–H groups in total. The molecule has 1 amide bonds. The summed E-state index contributed by atoms with van der Waals surface area (Å²) in [5.74, 6) is 0.294. The SMILES string of the molecule is [CH2]CCC(=O)N(CCCCC)CCCCC. The summed E-state index contributed by atoms with van der Waals surface area (Å²) in [7, 11) is 0. The number of nitrogens with zero attached hydrogens (tertiary/aromatic N) is 1. The van der Waals surface area contributed by atoms with E-state index < -0.39 is 0 Å². The van der Waals surface area contributed by atoms with Crippen molar-refractivity contribution >= 4 is 5.91 Å². The van der Waals surface area contributed by atoms with Crippen LogP contribution in [0.2, 0.25) is 0 Å². The number of amides is 1. The van der Waals surface area contributed by atoms with Crippen molar-refractivity contribution in [2.24, 2.45) is 0 Å². The molecular formula is C14H28NO. The monoisotopic (exact) mass is 226 g/mol. The van der Waals surface area contributed by atoms with E-state index in [4.69, 9.17) is 0 Å². The van der Waals surface area contributed by atoms with E-state index in [1.807, 2.05) is 4.90 Å². The van der Waals surface area contributed by atoms with Crippen molar-refractivity contribution in [3.8, 4) is 0 Å². The highest BCUT2D eigenvalue weighted by atomic mass is 16.2. The Morgan fingerprint density at radius 3 is 1.88 bits per heavy atom. The van der Waals surface area contributed by atoms with Gasteiger partial charge in [-0.1, -0.05) is 46.5 Å². The van der Waals surface area contributed by atoms with Crippen molar-refractivity contribution in [1.29, 1.82) is 0 Å². The van der Waals surface area contributed by atoms with Crippen LogP contribution in [0.5, 0.6) is 0 Å². The molecule has 0 atom stereocenters. The third kappa shape index (κ3) is 7.72. The maximum Gasteiger partial charge on any atom is 0.222 e. The van der Waals surface area contributed by atoms with Crippen LogP contribution in [0.15, 0.2) is 0 Å². The first kappa shape index (κ1) is 15.5. The van der Waals surface area contributed by atoms with Gasteiger partial charge in [0.1, 0.15) is 0 Å². The molecule has 0 aliphatic rings. The molecular weight excluding hydrogens is 198 g/mol. The van der Waals surface area contributed by atoms with Gasteiger partial charge in [0.2, 0.25) is 5.91 Å². The molecule has 95 valence electrons. The topological polar surface area (TPSA) is 20.3 Å². The molecule has 0 saturated carbocycles. The molecule has 0 bridgehead atoms.